The number of anilines is 1. The first-order chi connectivity index (χ1) is 11.9. The standard InChI is InChI=1S/C18H25N5O2/c1-5-14-10-20-16(11-19-14)23-12-15(13-23)21-6-8-22(9-7-21)17(24)25-18(2,3)4/h1,10-11,15H,6-9,12-13H2,2-4H3. The number of aromatic nitrogens is 2. The van der Waals surface area contributed by atoms with Crippen LogP contribution in [-0.4, -0.2) is 76.8 Å². The van der Waals surface area contributed by atoms with Crippen molar-refractivity contribution in [3.63, 3.8) is 0 Å². The zero-order valence-electron chi connectivity index (χ0n) is 15.1. The molecule has 0 saturated carbocycles. The lowest BCUT2D eigenvalue weighted by atomic mass is 10.1. The highest BCUT2D eigenvalue weighted by atomic mass is 16.6. The van der Waals surface area contributed by atoms with Crippen molar-refractivity contribution in [2.75, 3.05) is 44.2 Å². The lowest BCUT2D eigenvalue weighted by molar-refractivity contribution is 0.00873. The number of hydrogen-bond acceptors (Lipinski definition) is 6. The van der Waals surface area contributed by atoms with Gasteiger partial charge in [0.05, 0.1) is 12.4 Å². The SMILES string of the molecule is C#Cc1cnc(N2CC(N3CCN(C(=O)OC(C)(C)C)CC3)C2)cn1. The molecule has 3 heterocycles. The van der Waals surface area contributed by atoms with Gasteiger partial charge in [0.15, 0.2) is 0 Å². The summed E-state index contributed by atoms with van der Waals surface area (Å²) in [5, 5.41) is 0. The van der Waals surface area contributed by atoms with E-state index in [0.29, 0.717) is 24.8 Å². The summed E-state index contributed by atoms with van der Waals surface area (Å²) < 4.78 is 5.44. The van der Waals surface area contributed by atoms with Gasteiger partial charge in [-0.2, -0.15) is 0 Å². The average Bonchev–Trinajstić information content (AvgIpc) is 2.53. The van der Waals surface area contributed by atoms with Crippen LogP contribution in [0.25, 0.3) is 0 Å². The molecule has 0 spiro atoms. The van der Waals surface area contributed by atoms with E-state index in [1.165, 1.54) is 0 Å². The van der Waals surface area contributed by atoms with Crippen LogP contribution in [0.15, 0.2) is 12.4 Å². The van der Waals surface area contributed by atoms with Gasteiger partial charge in [0, 0.05) is 45.3 Å². The van der Waals surface area contributed by atoms with E-state index in [2.05, 4.69) is 25.7 Å². The predicted molar refractivity (Wildman–Crippen MR) is 95.3 cm³/mol. The van der Waals surface area contributed by atoms with Crippen LogP contribution < -0.4 is 4.90 Å². The van der Waals surface area contributed by atoms with Crippen LogP contribution in [0.4, 0.5) is 10.6 Å². The molecule has 1 amide bonds. The summed E-state index contributed by atoms with van der Waals surface area (Å²) in [5.41, 5.74) is 0.109. The van der Waals surface area contributed by atoms with Gasteiger partial charge in [-0.15, -0.1) is 6.42 Å². The molecule has 0 unspecified atom stereocenters. The van der Waals surface area contributed by atoms with E-state index in [1.807, 2.05) is 20.8 Å². The first-order valence-electron chi connectivity index (χ1n) is 8.61. The maximum absolute atomic E-state index is 12.1. The smallest absolute Gasteiger partial charge is 0.410 e. The van der Waals surface area contributed by atoms with Crippen molar-refractivity contribution < 1.29 is 9.53 Å². The van der Waals surface area contributed by atoms with Gasteiger partial charge in [0.25, 0.3) is 0 Å². The highest BCUT2D eigenvalue weighted by Crippen LogP contribution is 2.22. The zero-order chi connectivity index (χ0) is 18.0. The summed E-state index contributed by atoms with van der Waals surface area (Å²) in [6.07, 6.45) is 8.44. The van der Waals surface area contributed by atoms with Crippen molar-refractivity contribution in [1.29, 1.82) is 0 Å². The molecule has 0 N–H and O–H groups in total. The van der Waals surface area contributed by atoms with E-state index < -0.39 is 5.60 Å². The Hall–Kier alpha value is -2.33. The van der Waals surface area contributed by atoms with Gasteiger partial charge in [0.2, 0.25) is 0 Å². The van der Waals surface area contributed by atoms with Gasteiger partial charge >= 0.3 is 6.09 Å². The Bertz CT molecular complexity index is 648. The summed E-state index contributed by atoms with van der Waals surface area (Å²) in [6.45, 7) is 10.7. The third-order valence-corrected chi connectivity index (χ3v) is 4.45. The van der Waals surface area contributed by atoms with Crippen LogP contribution in [-0.2, 0) is 4.74 Å². The summed E-state index contributed by atoms with van der Waals surface area (Å²) in [7, 11) is 0. The van der Waals surface area contributed by atoms with Crippen LogP contribution in [0, 0.1) is 12.3 Å². The highest BCUT2D eigenvalue weighted by Gasteiger charge is 2.35. The number of piperazine rings is 1. The molecule has 0 bridgehead atoms. The largest absolute Gasteiger partial charge is 0.444 e. The maximum Gasteiger partial charge on any atom is 0.410 e. The Morgan fingerprint density at radius 2 is 1.88 bits per heavy atom. The molecule has 25 heavy (non-hydrogen) atoms. The Balaban J connectivity index is 1.44. The normalized spacial score (nSPS) is 19.3. The second-order valence-corrected chi connectivity index (χ2v) is 7.47. The Kier molecular flexibility index (Phi) is 4.82. The van der Waals surface area contributed by atoms with Gasteiger partial charge in [-0.1, -0.05) is 0 Å². The summed E-state index contributed by atoms with van der Waals surface area (Å²) in [5.74, 6) is 3.34. The molecule has 7 nitrogen and oxygen atoms in total. The number of amides is 1. The first-order valence-corrected chi connectivity index (χ1v) is 8.61. The fraction of sp³-hybridized carbons (Fsp3) is 0.611. The topological polar surface area (TPSA) is 61.8 Å². The molecule has 1 aromatic rings. The molecule has 0 atom stereocenters. The molecule has 7 heteroatoms. The lowest BCUT2D eigenvalue weighted by Gasteiger charge is -2.48. The minimum atomic E-state index is -0.446. The van der Waals surface area contributed by atoms with E-state index in [1.54, 1.807) is 17.3 Å². The van der Waals surface area contributed by atoms with E-state index >= 15 is 0 Å². The van der Waals surface area contributed by atoms with Gasteiger partial charge in [-0.25, -0.2) is 14.8 Å². The molecule has 3 rings (SSSR count). The summed E-state index contributed by atoms with van der Waals surface area (Å²) in [4.78, 5) is 27.1. The molecule has 2 aliphatic rings. The van der Waals surface area contributed by atoms with Crippen LogP contribution >= 0.6 is 0 Å². The molecule has 0 radical (unpaired) electrons. The molecule has 0 aromatic carbocycles. The molecule has 134 valence electrons. The number of ether oxygens (including phenoxy) is 1. The van der Waals surface area contributed by atoms with Crippen molar-refractivity contribution in [3.8, 4) is 12.3 Å². The number of hydrogen-bond donors (Lipinski definition) is 0. The van der Waals surface area contributed by atoms with Gasteiger partial charge in [0.1, 0.15) is 17.1 Å². The van der Waals surface area contributed by atoms with Crippen LogP contribution in [0.2, 0.25) is 0 Å². The van der Waals surface area contributed by atoms with Crippen molar-refractivity contribution in [2.45, 2.75) is 32.4 Å². The number of terminal acetylenes is 1. The molecule has 2 aliphatic heterocycles. The average molecular weight is 343 g/mol. The zero-order valence-corrected chi connectivity index (χ0v) is 15.1. The van der Waals surface area contributed by atoms with Crippen LogP contribution in [0.5, 0.6) is 0 Å². The Morgan fingerprint density at radius 3 is 2.40 bits per heavy atom. The van der Waals surface area contributed by atoms with Crippen LogP contribution in [0.1, 0.15) is 26.5 Å². The first kappa shape index (κ1) is 17.5. The van der Waals surface area contributed by atoms with Gasteiger partial charge < -0.3 is 14.5 Å². The predicted octanol–water partition coefficient (Wildman–Crippen LogP) is 1.20. The fourth-order valence-corrected chi connectivity index (χ4v) is 3.03. The number of carbonyl (C=O) groups excluding carboxylic acids is 1. The number of carbonyl (C=O) groups is 1. The highest BCUT2D eigenvalue weighted by molar-refractivity contribution is 5.68. The molecule has 0 aliphatic carbocycles. The van der Waals surface area contributed by atoms with E-state index in [4.69, 9.17) is 11.2 Å². The fourth-order valence-electron chi connectivity index (χ4n) is 3.03. The van der Waals surface area contributed by atoms with Crippen molar-refractivity contribution >= 4 is 11.9 Å². The quantitative estimate of drug-likeness (QED) is 0.752. The minimum Gasteiger partial charge on any atom is -0.444 e. The Labute approximate surface area is 149 Å². The number of rotatable bonds is 2. The Morgan fingerprint density at radius 1 is 1.20 bits per heavy atom. The molecule has 2 saturated heterocycles. The van der Waals surface area contributed by atoms with Crippen molar-refractivity contribution in [2.24, 2.45) is 0 Å². The third kappa shape index (κ3) is 4.20. The van der Waals surface area contributed by atoms with Crippen molar-refractivity contribution in [1.82, 2.24) is 19.8 Å². The summed E-state index contributed by atoms with van der Waals surface area (Å²) in [6, 6.07) is 0.495. The molecular weight excluding hydrogens is 318 g/mol. The van der Waals surface area contributed by atoms with Crippen LogP contribution in [0.3, 0.4) is 0 Å². The summed E-state index contributed by atoms with van der Waals surface area (Å²) >= 11 is 0. The molecule has 1 aromatic heterocycles. The molecule has 2 fully saturated rings. The molecular formula is C18H25N5O2. The van der Waals surface area contributed by atoms with Gasteiger partial charge in [-0.3, -0.25) is 4.90 Å². The second kappa shape index (κ2) is 6.89. The second-order valence-electron chi connectivity index (χ2n) is 7.47. The van der Waals surface area contributed by atoms with Gasteiger partial charge in [-0.05, 0) is 26.7 Å². The lowest BCUT2D eigenvalue weighted by Crippen LogP contribution is -2.63. The van der Waals surface area contributed by atoms with E-state index in [9.17, 15) is 4.79 Å². The maximum atomic E-state index is 12.1. The number of nitrogens with zero attached hydrogens (tertiary/aromatic N) is 5. The van der Waals surface area contributed by atoms with Crippen molar-refractivity contribution in [3.05, 3.63) is 18.1 Å². The third-order valence-electron chi connectivity index (χ3n) is 4.45. The minimum absolute atomic E-state index is 0.216. The van der Waals surface area contributed by atoms with E-state index in [-0.39, 0.29) is 6.09 Å². The van der Waals surface area contributed by atoms with E-state index in [0.717, 1.165) is 32.0 Å². The monoisotopic (exact) mass is 343 g/mol.